The summed E-state index contributed by atoms with van der Waals surface area (Å²) < 4.78 is 45.1. The number of hydrogen-bond acceptors (Lipinski definition) is 5. The van der Waals surface area contributed by atoms with E-state index >= 15 is 0 Å². The van der Waals surface area contributed by atoms with E-state index in [4.69, 9.17) is 0 Å². The molecule has 2 rings (SSSR count). The summed E-state index contributed by atoms with van der Waals surface area (Å²) in [6.07, 6.45) is -4.74. The van der Waals surface area contributed by atoms with Crippen LogP contribution >= 0.6 is 27.3 Å². The maximum atomic E-state index is 12.1. The number of nitrogens with zero attached hydrogens (tertiary/aromatic N) is 1. The molecule has 0 aliphatic heterocycles. The summed E-state index contributed by atoms with van der Waals surface area (Å²) in [5, 5.41) is 0. The number of methoxy groups -OCH3 is 1. The minimum absolute atomic E-state index is 0.0962. The van der Waals surface area contributed by atoms with Gasteiger partial charge in [0.1, 0.15) is 5.75 Å². The maximum Gasteiger partial charge on any atom is 0.573 e. The highest BCUT2D eigenvalue weighted by Crippen LogP contribution is 2.34. The zero-order chi connectivity index (χ0) is 15.6. The van der Waals surface area contributed by atoms with Crippen molar-refractivity contribution in [2.24, 2.45) is 0 Å². The van der Waals surface area contributed by atoms with Crippen molar-refractivity contribution in [3.63, 3.8) is 0 Å². The summed E-state index contributed by atoms with van der Waals surface area (Å²) in [6.45, 7) is 0. The number of ether oxygens (including phenoxy) is 2. The first-order chi connectivity index (χ1) is 9.80. The molecule has 0 amide bonds. The lowest BCUT2D eigenvalue weighted by Crippen LogP contribution is -2.16. The third kappa shape index (κ3) is 3.94. The zero-order valence-electron chi connectivity index (χ0n) is 10.4. The Hall–Kier alpha value is -1.61. The predicted molar refractivity (Wildman–Crippen MR) is 73.3 cm³/mol. The van der Waals surface area contributed by atoms with Crippen LogP contribution in [0.4, 0.5) is 13.2 Å². The lowest BCUT2D eigenvalue weighted by atomic mass is 10.1. The molecule has 9 heteroatoms. The van der Waals surface area contributed by atoms with Gasteiger partial charge in [0, 0.05) is 0 Å². The fourth-order valence-electron chi connectivity index (χ4n) is 1.53. The van der Waals surface area contributed by atoms with Gasteiger partial charge in [-0.1, -0.05) is 0 Å². The topological polar surface area (TPSA) is 48.4 Å². The zero-order valence-corrected chi connectivity index (χ0v) is 12.8. The molecule has 0 bridgehead atoms. The van der Waals surface area contributed by atoms with Crippen LogP contribution in [-0.2, 0) is 4.74 Å². The van der Waals surface area contributed by atoms with Gasteiger partial charge < -0.3 is 9.47 Å². The fraction of sp³-hybridized carbons (Fsp3) is 0.167. The molecule has 0 fully saturated rings. The monoisotopic (exact) mass is 381 g/mol. The van der Waals surface area contributed by atoms with E-state index in [0.29, 0.717) is 14.4 Å². The molecule has 0 radical (unpaired) electrons. The van der Waals surface area contributed by atoms with Crippen LogP contribution in [0.25, 0.3) is 10.4 Å². The highest BCUT2D eigenvalue weighted by Gasteiger charge is 2.31. The summed E-state index contributed by atoms with van der Waals surface area (Å²) in [5.74, 6) is -0.961. The number of carbonyl (C=O) groups is 1. The number of benzene rings is 1. The van der Waals surface area contributed by atoms with Crippen LogP contribution in [-0.4, -0.2) is 24.4 Å². The molecule has 1 heterocycles. The molecule has 0 aliphatic carbocycles. The number of rotatable bonds is 3. The van der Waals surface area contributed by atoms with Crippen molar-refractivity contribution in [1.29, 1.82) is 0 Å². The van der Waals surface area contributed by atoms with E-state index in [-0.39, 0.29) is 11.4 Å². The second-order valence-corrected chi connectivity index (χ2v) is 5.98. The Labute approximate surface area is 129 Å². The summed E-state index contributed by atoms with van der Waals surface area (Å²) >= 11 is 4.33. The number of thiazole rings is 1. The highest BCUT2D eigenvalue weighted by molar-refractivity contribution is 9.11. The summed E-state index contributed by atoms with van der Waals surface area (Å²) in [4.78, 5) is 16.1. The number of carbonyl (C=O) groups excluding carboxylic acids is 1. The van der Waals surface area contributed by atoms with Gasteiger partial charge >= 0.3 is 12.3 Å². The Bertz CT molecular complexity index is 655. The van der Waals surface area contributed by atoms with E-state index < -0.39 is 12.3 Å². The molecule has 1 aromatic carbocycles. The molecule has 1 aromatic heterocycles. The first-order valence-corrected chi connectivity index (χ1v) is 7.02. The van der Waals surface area contributed by atoms with Gasteiger partial charge in [0.05, 0.1) is 12.0 Å². The van der Waals surface area contributed by atoms with Crippen molar-refractivity contribution in [3.05, 3.63) is 33.9 Å². The lowest BCUT2D eigenvalue weighted by Gasteiger charge is -2.09. The highest BCUT2D eigenvalue weighted by atomic mass is 79.9. The quantitative estimate of drug-likeness (QED) is 0.745. The van der Waals surface area contributed by atoms with Gasteiger partial charge in [-0.3, -0.25) is 0 Å². The third-order valence-electron chi connectivity index (χ3n) is 2.33. The van der Waals surface area contributed by atoms with E-state index in [9.17, 15) is 18.0 Å². The molecule has 0 aliphatic rings. The van der Waals surface area contributed by atoms with Crippen molar-refractivity contribution in [2.45, 2.75) is 6.36 Å². The number of aromatic nitrogens is 1. The smallest absolute Gasteiger partial charge is 0.464 e. The number of esters is 1. The van der Waals surface area contributed by atoms with Crippen LogP contribution in [0, 0.1) is 0 Å². The first kappa shape index (κ1) is 15.8. The van der Waals surface area contributed by atoms with Crippen molar-refractivity contribution in [1.82, 2.24) is 4.98 Å². The van der Waals surface area contributed by atoms with Crippen molar-refractivity contribution >= 4 is 33.2 Å². The molecule has 0 unspecified atom stereocenters. The van der Waals surface area contributed by atoms with Crippen LogP contribution in [0.5, 0.6) is 5.75 Å². The number of halogens is 4. The van der Waals surface area contributed by atoms with Crippen LogP contribution in [0.2, 0.25) is 0 Å². The van der Waals surface area contributed by atoms with Crippen LogP contribution in [0.1, 0.15) is 10.5 Å². The third-order valence-corrected chi connectivity index (χ3v) is 3.89. The molecular weight excluding hydrogens is 375 g/mol. The molecule has 0 saturated carbocycles. The predicted octanol–water partition coefficient (Wildman–Crippen LogP) is 4.26. The van der Waals surface area contributed by atoms with Crippen LogP contribution in [0.15, 0.2) is 28.2 Å². The Morgan fingerprint density at radius 3 is 2.43 bits per heavy atom. The molecule has 4 nitrogen and oxygen atoms in total. The second-order valence-electron chi connectivity index (χ2n) is 3.71. The van der Waals surface area contributed by atoms with Gasteiger partial charge in [-0.05, 0) is 45.8 Å². The van der Waals surface area contributed by atoms with Gasteiger partial charge in [0.25, 0.3) is 0 Å². The molecule has 112 valence electrons. The second kappa shape index (κ2) is 6.02. The molecule has 2 aromatic rings. The normalized spacial score (nSPS) is 11.3. The van der Waals surface area contributed by atoms with E-state index in [0.717, 1.165) is 12.1 Å². The number of alkyl halides is 3. The van der Waals surface area contributed by atoms with Gasteiger partial charge in [-0.2, -0.15) is 0 Å². The van der Waals surface area contributed by atoms with E-state index in [1.165, 1.54) is 30.6 Å². The minimum atomic E-state index is -4.74. The fourth-order valence-corrected chi connectivity index (χ4v) is 2.98. The largest absolute Gasteiger partial charge is 0.573 e. The molecule has 0 spiro atoms. The molecule has 21 heavy (non-hydrogen) atoms. The van der Waals surface area contributed by atoms with E-state index in [1.54, 1.807) is 0 Å². The van der Waals surface area contributed by atoms with Gasteiger partial charge in [0.2, 0.25) is 0 Å². The number of hydrogen-bond donors (Lipinski definition) is 0. The van der Waals surface area contributed by atoms with Crippen LogP contribution < -0.4 is 4.74 Å². The molecule has 0 N–H and O–H groups in total. The first-order valence-electron chi connectivity index (χ1n) is 5.41. The van der Waals surface area contributed by atoms with E-state index in [1.807, 2.05) is 0 Å². The van der Waals surface area contributed by atoms with Crippen molar-refractivity contribution in [3.8, 4) is 16.2 Å². The SMILES string of the molecule is COC(=O)c1nc(Br)sc1-c1ccc(OC(F)(F)F)cc1. The molecular formula is C12H7BrF3NO3S. The van der Waals surface area contributed by atoms with Crippen molar-refractivity contribution in [2.75, 3.05) is 7.11 Å². The Balaban J connectivity index is 2.33. The minimum Gasteiger partial charge on any atom is -0.464 e. The van der Waals surface area contributed by atoms with E-state index in [2.05, 4.69) is 30.4 Å². The molecule has 0 atom stereocenters. The maximum absolute atomic E-state index is 12.1. The Morgan fingerprint density at radius 1 is 1.29 bits per heavy atom. The average molecular weight is 382 g/mol. The summed E-state index contributed by atoms with van der Waals surface area (Å²) in [5.41, 5.74) is 0.631. The van der Waals surface area contributed by atoms with Crippen LogP contribution in [0.3, 0.4) is 0 Å². The summed E-state index contributed by atoms with van der Waals surface area (Å²) in [7, 11) is 1.22. The standard InChI is InChI=1S/C12H7BrF3NO3S/c1-19-10(18)8-9(21-11(13)17-8)6-2-4-7(5-3-6)20-12(14,15)16/h2-5H,1H3. The van der Waals surface area contributed by atoms with Gasteiger partial charge in [-0.15, -0.1) is 24.5 Å². The Morgan fingerprint density at radius 2 is 1.90 bits per heavy atom. The Kier molecular flexibility index (Phi) is 4.52. The average Bonchev–Trinajstić information content (AvgIpc) is 2.79. The molecule has 0 saturated heterocycles. The van der Waals surface area contributed by atoms with Gasteiger partial charge in [0.15, 0.2) is 9.61 Å². The lowest BCUT2D eigenvalue weighted by molar-refractivity contribution is -0.274. The van der Waals surface area contributed by atoms with Crippen molar-refractivity contribution < 1.29 is 27.4 Å². The summed E-state index contributed by atoms with van der Waals surface area (Å²) in [6, 6.07) is 5.15. The van der Waals surface area contributed by atoms with Gasteiger partial charge in [-0.25, -0.2) is 9.78 Å².